The number of anilines is 2. The second kappa shape index (κ2) is 7.52. The van der Waals surface area contributed by atoms with E-state index in [0.717, 1.165) is 44.0 Å². The monoisotopic (exact) mass is 310 g/mol. The number of piperazine rings is 1. The second-order valence-corrected chi connectivity index (χ2v) is 5.77. The fourth-order valence-corrected chi connectivity index (χ4v) is 2.51. The molecule has 2 amide bonds. The molecule has 1 aliphatic heterocycles. The van der Waals surface area contributed by atoms with Gasteiger partial charge in [0.2, 0.25) is 0 Å². The molecule has 1 aliphatic rings. The van der Waals surface area contributed by atoms with Crippen molar-refractivity contribution in [3.63, 3.8) is 0 Å². The van der Waals surface area contributed by atoms with Gasteiger partial charge in [-0.2, -0.15) is 0 Å². The quantitative estimate of drug-likeness (QED) is 0.899. The normalized spacial score (nSPS) is 15.9. The number of carbonyl (C=O) groups excluding carboxylic acids is 1. The molecule has 0 unspecified atom stereocenters. The lowest BCUT2D eigenvalue weighted by molar-refractivity contribution is 0.252. The Kier molecular flexibility index (Phi) is 5.70. The van der Waals surface area contributed by atoms with Gasteiger partial charge in [0.1, 0.15) is 0 Å². The van der Waals surface area contributed by atoms with Crippen molar-refractivity contribution in [2.75, 3.05) is 50.0 Å². The van der Waals surface area contributed by atoms with Crippen LogP contribution in [-0.2, 0) is 0 Å². The van der Waals surface area contributed by atoms with E-state index in [9.17, 15) is 4.79 Å². The molecule has 0 spiro atoms. The Morgan fingerprint density at radius 1 is 1.29 bits per heavy atom. The van der Waals surface area contributed by atoms with E-state index in [0.29, 0.717) is 11.6 Å². The molecule has 5 nitrogen and oxygen atoms in total. The zero-order valence-electron chi connectivity index (χ0n) is 12.7. The van der Waals surface area contributed by atoms with E-state index in [1.54, 1.807) is 6.07 Å². The van der Waals surface area contributed by atoms with Gasteiger partial charge in [0.25, 0.3) is 0 Å². The van der Waals surface area contributed by atoms with Gasteiger partial charge in [-0.25, -0.2) is 4.79 Å². The van der Waals surface area contributed by atoms with E-state index in [1.165, 1.54) is 0 Å². The van der Waals surface area contributed by atoms with Crippen molar-refractivity contribution in [1.82, 2.24) is 10.2 Å². The molecule has 0 bridgehead atoms. The number of nitrogens with zero attached hydrogens (tertiary/aromatic N) is 2. The first kappa shape index (κ1) is 15.9. The van der Waals surface area contributed by atoms with Gasteiger partial charge >= 0.3 is 6.03 Å². The number of hydrogen-bond acceptors (Lipinski definition) is 3. The zero-order chi connectivity index (χ0) is 15.2. The largest absolute Gasteiger partial charge is 0.367 e. The van der Waals surface area contributed by atoms with Crippen molar-refractivity contribution in [3.8, 4) is 0 Å². The summed E-state index contributed by atoms with van der Waals surface area (Å²) in [5.74, 6) is 0. The number of hydrogen-bond donors (Lipinski definition) is 2. The first-order valence-corrected chi connectivity index (χ1v) is 7.76. The van der Waals surface area contributed by atoms with Crippen LogP contribution in [0.1, 0.15) is 13.3 Å². The molecule has 1 fully saturated rings. The van der Waals surface area contributed by atoms with E-state index >= 15 is 0 Å². The number of halogens is 1. The Morgan fingerprint density at radius 2 is 2.00 bits per heavy atom. The SMILES string of the molecule is CCCNC(=O)Nc1cc(Cl)ccc1N1CCN(C)CC1. The third kappa shape index (κ3) is 4.51. The highest BCUT2D eigenvalue weighted by Gasteiger charge is 2.18. The van der Waals surface area contributed by atoms with E-state index in [1.807, 2.05) is 19.1 Å². The number of urea groups is 1. The molecule has 21 heavy (non-hydrogen) atoms. The topological polar surface area (TPSA) is 47.6 Å². The first-order valence-electron chi connectivity index (χ1n) is 7.38. The molecule has 1 heterocycles. The van der Waals surface area contributed by atoms with Crippen LogP contribution >= 0.6 is 11.6 Å². The minimum atomic E-state index is -0.186. The summed E-state index contributed by atoms with van der Waals surface area (Å²) in [6, 6.07) is 5.46. The third-order valence-corrected chi connectivity index (χ3v) is 3.82. The lowest BCUT2D eigenvalue weighted by Gasteiger charge is -2.35. The van der Waals surface area contributed by atoms with Gasteiger partial charge in [-0.15, -0.1) is 0 Å². The number of amides is 2. The fourth-order valence-electron chi connectivity index (χ4n) is 2.34. The van der Waals surface area contributed by atoms with Crippen LogP contribution in [-0.4, -0.2) is 50.7 Å². The maximum Gasteiger partial charge on any atom is 0.319 e. The summed E-state index contributed by atoms with van der Waals surface area (Å²) in [7, 11) is 2.12. The molecule has 1 saturated heterocycles. The van der Waals surface area contributed by atoms with Crippen molar-refractivity contribution in [1.29, 1.82) is 0 Å². The van der Waals surface area contributed by atoms with E-state index in [2.05, 4.69) is 27.5 Å². The summed E-state index contributed by atoms with van der Waals surface area (Å²) in [5, 5.41) is 6.35. The van der Waals surface area contributed by atoms with Crippen molar-refractivity contribution in [2.45, 2.75) is 13.3 Å². The average molecular weight is 311 g/mol. The lowest BCUT2D eigenvalue weighted by atomic mass is 10.2. The van der Waals surface area contributed by atoms with Crippen LogP contribution in [0, 0.1) is 0 Å². The molecule has 0 aliphatic carbocycles. The Morgan fingerprint density at radius 3 is 2.67 bits per heavy atom. The molecule has 116 valence electrons. The number of carbonyl (C=O) groups is 1. The summed E-state index contributed by atoms with van der Waals surface area (Å²) >= 11 is 6.07. The summed E-state index contributed by atoms with van der Waals surface area (Å²) in [6.07, 6.45) is 0.911. The van der Waals surface area contributed by atoms with Gasteiger partial charge in [0.15, 0.2) is 0 Å². The smallest absolute Gasteiger partial charge is 0.319 e. The van der Waals surface area contributed by atoms with Crippen LogP contribution in [0.5, 0.6) is 0 Å². The standard InChI is InChI=1S/C15H23ClN4O/c1-3-6-17-15(21)18-13-11-12(16)4-5-14(13)20-9-7-19(2)8-10-20/h4-5,11H,3,6-10H2,1-2H3,(H2,17,18,21). The van der Waals surface area contributed by atoms with E-state index < -0.39 is 0 Å². The van der Waals surface area contributed by atoms with Gasteiger partial charge in [-0.05, 0) is 31.7 Å². The second-order valence-electron chi connectivity index (χ2n) is 5.33. The van der Waals surface area contributed by atoms with Crippen LogP contribution in [0.25, 0.3) is 0 Å². The molecule has 0 aromatic heterocycles. The Hall–Kier alpha value is -1.46. The van der Waals surface area contributed by atoms with Crippen molar-refractivity contribution in [3.05, 3.63) is 23.2 Å². The molecular formula is C15H23ClN4O. The summed E-state index contributed by atoms with van der Waals surface area (Å²) < 4.78 is 0. The van der Waals surface area contributed by atoms with Gasteiger partial charge < -0.3 is 20.4 Å². The zero-order valence-corrected chi connectivity index (χ0v) is 13.4. The Bertz CT molecular complexity index is 487. The molecule has 2 N–H and O–H groups in total. The van der Waals surface area contributed by atoms with Crippen LogP contribution in [0.2, 0.25) is 5.02 Å². The third-order valence-electron chi connectivity index (χ3n) is 3.59. The summed E-state index contributed by atoms with van der Waals surface area (Å²) in [5.41, 5.74) is 1.79. The molecule has 2 rings (SSSR count). The summed E-state index contributed by atoms with van der Waals surface area (Å²) in [6.45, 7) is 6.62. The molecule has 1 aromatic carbocycles. The van der Waals surface area contributed by atoms with Gasteiger partial charge in [-0.3, -0.25) is 0 Å². The highest BCUT2D eigenvalue weighted by atomic mass is 35.5. The maximum absolute atomic E-state index is 11.9. The van der Waals surface area contributed by atoms with Crippen molar-refractivity contribution < 1.29 is 4.79 Å². The molecule has 0 atom stereocenters. The van der Waals surface area contributed by atoms with Gasteiger partial charge in [0.05, 0.1) is 11.4 Å². The molecule has 0 radical (unpaired) electrons. The van der Waals surface area contributed by atoms with Crippen LogP contribution in [0.3, 0.4) is 0 Å². The van der Waals surface area contributed by atoms with E-state index in [4.69, 9.17) is 11.6 Å². The highest BCUT2D eigenvalue weighted by molar-refractivity contribution is 6.31. The number of likely N-dealkylation sites (N-methyl/N-ethyl adjacent to an activating group) is 1. The minimum Gasteiger partial charge on any atom is -0.367 e. The predicted molar refractivity (Wildman–Crippen MR) is 88.5 cm³/mol. The lowest BCUT2D eigenvalue weighted by Crippen LogP contribution is -2.44. The fraction of sp³-hybridized carbons (Fsp3) is 0.533. The molecule has 1 aromatic rings. The molecule has 0 saturated carbocycles. The molecular weight excluding hydrogens is 288 g/mol. The van der Waals surface area contributed by atoms with Crippen molar-refractivity contribution in [2.24, 2.45) is 0 Å². The maximum atomic E-state index is 11.9. The molecule has 6 heteroatoms. The van der Waals surface area contributed by atoms with Crippen LogP contribution in [0.15, 0.2) is 18.2 Å². The van der Waals surface area contributed by atoms with Gasteiger partial charge in [-0.1, -0.05) is 18.5 Å². The Labute approximate surface area is 131 Å². The number of benzene rings is 1. The first-order chi connectivity index (χ1) is 10.1. The van der Waals surface area contributed by atoms with Crippen molar-refractivity contribution >= 4 is 29.0 Å². The number of nitrogens with one attached hydrogen (secondary N) is 2. The number of rotatable bonds is 4. The minimum absolute atomic E-state index is 0.186. The summed E-state index contributed by atoms with van der Waals surface area (Å²) in [4.78, 5) is 16.5. The predicted octanol–water partition coefficient (Wildman–Crippen LogP) is 2.62. The average Bonchev–Trinajstić information content (AvgIpc) is 2.46. The Balaban J connectivity index is 2.11. The highest BCUT2D eigenvalue weighted by Crippen LogP contribution is 2.29. The van der Waals surface area contributed by atoms with Crippen LogP contribution < -0.4 is 15.5 Å². The van der Waals surface area contributed by atoms with E-state index in [-0.39, 0.29) is 6.03 Å². The van der Waals surface area contributed by atoms with Gasteiger partial charge in [0, 0.05) is 37.7 Å². The van der Waals surface area contributed by atoms with Crippen LogP contribution in [0.4, 0.5) is 16.2 Å².